The van der Waals surface area contributed by atoms with Crippen molar-refractivity contribution in [3.63, 3.8) is 0 Å². The van der Waals surface area contributed by atoms with Crippen LogP contribution in [0.4, 0.5) is 0 Å². The maximum atomic E-state index is 13.1. The number of nitrogens with one attached hydrogen (secondary N) is 1. The molecule has 0 aliphatic carbocycles. The van der Waals surface area contributed by atoms with Gasteiger partial charge in [-0.15, -0.1) is 0 Å². The maximum absolute atomic E-state index is 13.1. The molecule has 3 rings (SSSR count). The average Bonchev–Trinajstić information content (AvgIpc) is 2.74. The SMILES string of the molecule is CCc1ccc(C(C)NC(=O)c2ccc(C)c(S(=O)(=O)N3CCCCC3)c2)cc1. The van der Waals surface area contributed by atoms with Gasteiger partial charge in [0, 0.05) is 18.7 Å². The molecule has 1 saturated heterocycles. The summed E-state index contributed by atoms with van der Waals surface area (Å²) in [6, 6.07) is 12.9. The van der Waals surface area contributed by atoms with Crippen LogP contribution in [0.3, 0.4) is 0 Å². The van der Waals surface area contributed by atoms with E-state index in [0.29, 0.717) is 24.2 Å². The van der Waals surface area contributed by atoms with Crippen LogP contribution in [0, 0.1) is 6.92 Å². The van der Waals surface area contributed by atoms with Gasteiger partial charge < -0.3 is 5.32 Å². The molecule has 29 heavy (non-hydrogen) atoms. The highest BCUT2D eigenvalue weighted by Crippen LogP contribution is 2.25. The molecule has 5 nitrogen and oxygen atoms in total. The predicted octanol–water partition coefficient (Wildman–Crippen LogP) is 4.22. The Morgan fingerprint density at radius 2 is 1.72 bits per heavy atom. The number of carbonyl (C=O) groups excluding carboxylic acids is 1. The van der Waals surface area contributed by atoms with Crippen LogP contribution < -0.4 is 5.32 Å². The lowest BCUT2D eigenvalue weighted by atomic mass is 10.0. The molecule has 0 aromatic heterocycles. The fraction of sp³-hybridized carbons (Fsp3) is 0.435. The third kappa shape index (κ3) is 4.87. The molecule has 0 bridgehead atoms. The van der Waals surface area contributed by atoms with Crippen LogP contribution in [0.15, 0.2) is 47.4 Å². The van der Waals surface area contributed by atoms with Crippen molar-refractivity contribution in [1.82, 2.24) is 9.62 Å². The summed E-state index contributed by atoms with van der Waals surface area (Å²) in [4.78, 5) is 13.0. The quantitative estimate of drug-likeness (QED) is 0.769. The minimum Gasteiger partial charge on any atom is -0.346 e. The fourth-order valence-corrected chi connectivity index (χ4v) is 5.44. The highest BCUT2D eigenvalue weighted by Gasteiger charge is 2.28. The molecule has 2 aromatic rings. The number of sulfonamides is 1. The van der Waals surface area contributed by atoms with Gasteiger partial charge in [-0.25, -0.2) is 8.42 Å². The van der Waals surface area contributed by atoms with E-state index in [1.165, 1.54) is 11.6 Å². The summed E-state index contributed by atoms with van der Waals surface area (Å²) >= 11 is 0. The molecule has 1 fully saturated rings. The van der Waals surface area contributed by atoms with Crippen LogP contribution in [0.5, 0.6) is 0 Å². The summed E-state index contributed by atoms with van der Waals surface area (Å²) in [5.74, 6) is -0.271. The number of aryl methyl sites for hydroxylation is 2. The summed E-state index contributed by atoms with van der Waals surface area (Å²) < 4.78 is 27.7. The third-order valence-electron chi connectivity index (χ3n) is 5.62. The van der Waals surface area contributed by atoms with Gasteiger partial charge in [0.05, 0.1) is 10.9 Å². The first-order valence-electron chi connectivity index (χ1n) is 10.3. The molecule has 0 spiro atoms. The Balaban J connectivity index is 1.79. The highest BCUT2D eigenvalue weighted by molar-refractivity contribution is 7.89. The largest absolute Gasteiger partial charge is 0.346 e. The molecule has 0 radical (unpaired) electrons. The highest BCUT2D eigenvalue weighted by atomic mass is 32.2. The van der Waals surface area contributed by atoms with E-state index in [1.54, 1.807) is 23.4 Å². The number of rotatable bonds is 6. The van der Waals surface area contributed by atoms with Crippen LogP contribution in [-0.2, 0) is 16.4 Å². The summed E-state index contributed by atoms with van der Waals surface area (Å²) in [5, 5.41) is 2.98. The Kier molecular flexibility index (Phi) is 6.75. The van der Waals surface area contributed by atoms with Gasteiger partial charge in [0.2, 0.25) is 10.0 Å². The van der Waals surface area contributed by atoms with Crippen molar-refractivity contribution in [2.75, 3.05) is 13.1 Å². The molecule has 0 saturated carbocycles. The Labute approximate surface area is 174 Å². The van der Waals surface area contributed by atoms with Crippen LogP contribution in [-0.4, -0.2) is 31.7 Å². The molecular weight excluding hydrogens is 384 g/mol. The van der Waals surface area contributed by atoms with Crippen LogP contribution in [0.1, 0.15) is 66.2 Å². The van der Waals surface area contributed by atoms with E-state index in [1.807, 2.05) is 19.1 Å². The molecule has 1 unspecified atom stereocenters. The fourth-order valence-electron chi connectivity index (χ4n) is 3.67. The van der Waals surface area contributed by atoms with Crippen molar-refractivity contribution in [3.8, 4) is 0 Å². The van der Waals surface area contributed by atoms with Gasteiger partial charge >= 0.3 is 0 Å². The van der Waals surface area contributed by atoms with Gasteiger partial charge in [-0.2, -0.15) is 4.31 Å². The second-order valence-electron chi connectivity index (χ2n) is 7.74. The van der Waals surface area contributed by atoms with E-state index in [2.05, 4.69) is 24.4 Å². The lowest BCUT2D eigenvalue weighted by Crippen LogP contribution is -2.36. The third-order valence-corrected chi connectivity index (χ3v) is 7.66. The van der Waals surface area contributed by atoms with Crippen molar-refractivity contribution in [1.29, 1.82) is 0 Å². The Morgan fingerprint density at radius 3 is 2.34 bits per heavy atom. The first kappa shape index (κ1) is 21.5. The lowest BCUT2D eigenvalue weighted by molar-refractivity contribution is 0.0939. The number of nitrogens with zero attached hydrogens (tertiary/aromatic N) is 1. The molecule has 2 aromatic carbocycles. The van der Waals surface area contributed by atoms with E-state index >= 15 is 0 Å². The van der Waals surface area contributed by atoms with E-state index in [0.717, 1.165) is 31.2 Å². The second-order valence-corrected chi connectivity index (χ2v) is 9.64. The monoisotopic (exact) mass is 414 g/mol. The molecular formula is C23H30N2O3S. The zero-order valence-electron chi connectivity index (χ0n) is 17.4. The summed E-state index contributed by atoms with van der Waals surface area (Å²) in [6.07, 6.45) is 3.79. The molecule has 1 N–H and O–H groups in total. The van der Waals surface area contributed by atoms with Gasteiger partial charge in [-0.1, -0.05) is 43.7 Å². The first-order chi connectivity index (χ1) is 13.8. The zero-order valence-corrected chi connectivity index (χ0v) is 18.3. The molecule has 1 atom stereocenters. The van der Waals surface area contributed by atoms with E-state index in [9.17, 15) is 13.2 Å². The van der Waals surface area contributed by atoms with Crippen LogP contribution >= 0.6 is 0 Å². The number of amides is 1. The Bertz CT molecular complexity index is 962. The first-order valence-corrected chi connectivity index (χ1v) is 11.8. The van der Waals surface area contributed by atoms with Crippen LogP contribution in [0.2, 0.25) is 0 Å². The van der Waals surface area contributed by atoms with Gasteiger partial charge in [-0.05, 0) is 61.9 Å². The normalized spacial score (nSPS) is 16.4. The molecule has 1 aliphatic rings. The summed E-state index contributed by atoms with van der Waals surface area (Å²) in [7, 11) is -3.58. The van der Waals surface area contributed by atoms with Crippen molar-refractivity contribution in [2.24, 2.45) is 0 Å². The molecule has 156 valence electrons. The number of carbonyl (C=O) groups is 1. The minimum absolute atomic E-state index is 0.170. The average molecular weight is 415 g/mol. The summed E-state index contributed by atoms with van der Waals surface area (Å²) in [6.45, 7) is 6.90. The molecule has 1 amide bonds. The van der Waals surface area contributed by atoms with Gasteiger partial charge in [-0.3, -0.25) is 4.79 Å². The predicted molar refractivity (Wildman–Crippen MR) is 115 cm³/mol. The molecule has 6 heteroatoms. The van der Waals surface area contributed by atoms with Crippen molar-refractivity contribution in [3.05, 3.63) is 64.7 Å². The zero-order chi connectivity index (χ0) is 21.0. The Hall–Kier alpha value is -2.18. The van der Waals surface area contributed by atoms with E-state index in [4.69, 9.17) is 0 Å². The maximum Gasteiger partial charge on any atom is 0.251 e. The minimum atomic E-state index is -3.58. The smallest absolute Gasteiger partial charge is 0.251 e. The Morgan fingerprint density at radius 1 is 1.07 bits per heavy atom. The van der Waals surface area contributed by atoms with Crippen molar-refractivity contribution >= 4 is 15.9 Å². The topological polar surface area (TPSA) is 66.5 Å². The van der Waals surface area contributed by atoms with Crippen molar-refractivity contribution in [2.45, 2.75) is 57.4 Å². The summed E-state index contributed by atoms with van der Waals surface area (Å²) in [5.41, 5.74) is 3.29. The number of hydrogen-bond donors (Lipinski definition) is 1. The van der Waals surface area contributed by atoms with E-state index < -0.39 is 10.0 Å². The number of piperidine rings is 1. The number of benzene rings is 2. The van der Waals surface area contributed by atoms with E-state index in [-0.39, 0.29) is 16.8 Å². The number of hydrogen-bond acceptors (Lipinski definition) is 3. The standard InChI is InChI=1S/C23H30N2O3S/c1-4-19-9-12-20(13-10-19)18(3)24-23(26)21-11-8-17(2)22(16-21)29(27,28)25-14-6-5-7-15-25/h8-13,16,18H,4-7,14-15H2,1-3H3,(H,24,26). The lowest BCUT2D eigenvalue weighted by Gasteiger charge is -2.26. The van der Waals surface area contributed by atoms with Crippen LogP contribution in [0.25, 0.3) is 0 Å². The molecule has 1 heterocycles. The van der Waals surface area contributed by atoms with Crippen molar-refractivity contribution < 1.29 is 13.2 Å². The van der Waals surface area contributed by atoms with Gasteiger partial charge in [0.1, 0.15) is 0 Å². The molecule has 1 aliphatic heterocycles. The second kappa shape index (κ2) is 9.09. The van der Waals surface area contributed by atoms with Gasteiger partial charge in [0.25, 0.3) is 5.91 Å². The van der Waals surface area contributed by atoms with Gasteiger partial charge in [0.15, 0.2) is 0 Å².